The van der Waals surface area contributed by atoms with Gasteiger partial charge in [-0.25, -0.2) is 4.39 Å². The van der Waals surface area contributed by atoms with Crippen molar-refractivity contribution in [3.63, 3.8) is 0 Å². The van der Waals surface area contributed by atoms with Crippen LogP contribution in [0.25, 0.3) is 0 Å². The minimum absolute atomic E-state index is 0.132. The number of ether oxygens (including phenoxy) is 1. The lowest BCUT2D eigenvalue weighted by Crippen LogP contribution is -2.30. The molecule has 0 radical (unpaired) electrons. The SMILES string of the molecule is CN=C1/C(=N\NC(=S)c2ccccn2)CCO/C1=C(/C)F. The van der Waals surface area contributed by atoms with Gasteiger partial charge in [-0.3, -0.25) is 15.4 Å². The van der Waals surface area contributed by atoms with Crippen molar-refractivity contribution >= 4 is 28.6 Å². The fraction of sp³-hybridized carbons (Fsp3) is 0.286. The molecule has 0 amide bonds. The number of rotatable bonds is 2. The zero-order valence-corrected chi connectivity index (χ0v) is 12.6. The Morgan fingerprint density at radius 1 is 1.48 bits per heavy atom. The fourth-order valence-corrected chi connectivity index (χ4v) is 2.01. The van der Waals surface area contributed by atoms with Gasteiger partial charge < -0.3 is 4.74 Å². The van der Waals surface area contributed by atoms with E-state index in [-0.39, 0.29) is 5.76 Å². The first-order valence-electron chi connectivity index (χ1n) is 6.38. The van der Waals surface area contributed by atoms with Crippen LogP contribution in [0.5, 0.6) is 0 Å². The largest absolute Gasteiger partial charge is 0.488 e. The van der Waals surface area contributed by atoms with Gasteiger partial charge in [-0.2, -0.15) is 5.10 Å². The number of nitrogens with zero attached hydrogens (tertiary/aromatic N) is 3. The smallest absolute Gasteiger partial charge is 0.177 e. The fourth-order valence-electron chi connectivity index (χ4n) is 1.84. The average molecular weight is 306 g/mol. The second kappa shape index (κ2) is 7.03. The van der Waals surface area contributed by atoms with Gasteiger partial charge in [-0.1, -0.05) is 18.3 Å². The van der Waals surface area contributed by atoms with E-state index in [2.05, 4.69) is 20.5 Å². The van der Waals surface area contributed by atoms with E-state index in [1.807, 2.05) is 6.07 Å². The van der Waals surface area contributed by atoms with Gasteiger partial charge in [0.25, 0.3) is 0 Å². The van der Waals surface area contributed by atoms with Crippen LogP contribution in [0, 0.1) is 0 Å². The maximum atomic E-state index is 13.4. The highest BCUT2D eigenvalue weighted by Gasteiger charge is 2.23. The van der Waals surface area contributed by atoms with Gasteiger partial charge in [0, 0.05) is 19.7 Å². The number of hydrogen-bond donors (Lipinski definition) is 1. The van der Waals surface area contributed by atoms with Crippen molar-refractivity contribution in [3.8, 4) is 0 Å². The van der Waals surface area contributed by atoms with E-state index in [0.29, 0.717) is 35.1 Å². The number of allylic oxidation sites excluding steroid dienone is 2. The predicted octanol–water partition coefficient (Wildman–Crippen LogP) is 2.39. The van der Waals surface area contributed by atoms with Gasteiger partial charge in [-0.05, 0) is 19.1 Å². The summed E-state index contributed by atoms with van der Waals surface area (Å²) in [5, 5.41) is 4.22. The molecule has 0 aromatic carbocycles. The number of nitrogens with one attached hydrogen (secondary N) is 1. The van der Waals surface area contributed by atoms with Gasteiger partial charge in [-0.15, -0.1) is 0 Å². The summed E-state index contributed by atoms with van der Waals surface area (Å²) >= 11 is 5.21. The van der Waals surface area contributed by atoms with E-state index in [1.165, 1.54) is 6.92 Å². The zero-order valence-electron chi connectivity index (χ0n) is 11.8. The topological polar surface area (TPSA) is 58.9 Å². The molecule has 0 saturated carbocycles. The molecule has 1 aromatic heterocycles. The molecule has 0 unspecified atom stereocenters. The van der Waals surface area contributed by atoms with E-state index in [4.69, 9.17) is 17.0 Å². The van der Waals surface area contributed by atoms with Crippen LogP contribution < -0.4 is 5.43 Å². The molecule has 0 spiro atoms. The van der Waals surface area contributed by atoms with Gasteiger partial charge in [0.2, 0.25) is 0 Å². The average Bonchev–Trinajstić information content (AvgIpc) is 2.52. The lowest BCUT2D eigenvalue weighted by molar-refractivity contribution is 0.224. The standard InChI is InChI=1S/C14H15FN4OS/c1-9(15)13-12(16-2)10(6-8-20-13)18-19-14(21)11-5-3-4-7-17-11/h3-5,7H,6,8H2,1-2H3,(H,19,21)/b13-9-,16-12?,18-10-. The first-order valence-corrected chi connectivity index (χ1v) is 6.79. The Kier molecular flexibility index (Phi) is 5.10. The van der Waals surface area contributed by atoms with Crippen molar-refractivity contribution in [2.45, 2.75) is 13.3 Å². The van der Waals surface area contributed by atoms with Crippen LogP contribution in [0.2, 0.25) is 0 Å². The highest BCUT2D eigenvalue weighted by Crippen LogP contribution is 2.17. The lowest BCUT2D eigenvalue weighted by Gasteiger charge is -2.20. The summed E-state index contributed by atoms with van der Waals surface area (Å²) in [6.45, 7) is 1.68. The third-order valence-corrected chi connectivity index (χ3v) is 3.10. The summed E-state index contributed by atoms with van der Waals surface area (Å²) in [6.07, 6.45) is 2.18. The van der Waals surface area contributed by atoms with Gasteiger partial charge in [0.15, 0.2) is 5.76 Å². The summed E-state index contributed by atoms with van der Waals surface area (Å²) in [7, 11) is 1.57. The Bertz CT molecular complexity index is 621. The molecular formula is C14H15FN4OS. The summed E-state index contributed by atoms with van der Waals surface area (Å²) in [5.74, 6) is -0.289. The zero-order chi connectivity index (χ0) is 15.2. The Hall–Kier alpha value is -2.15. The molecule has 110 valence electrons. The Morgan fingerprint density at radius 2 is 2.29 bits per heavy atom. The van der Waals surface area contributed by atoms with Crippen molar-refractivity contribution in [2.75, 3.05) is 13.7 Å². The third-order valence-electron chi connectivity index (χ3n) is 2.80. The number of aliphatic imine (C=N–C) groups is 1. The van der Waals surface area contributed by atoms with E-state index < -0.39 is 5.83 Å². The van der Waals surface area contributed by atoms with Crippen LogP contribution in [0.1, 0.15) is 19.0 Å². The quantitative estimate of drug-likeness (QED) is 0.673. The van der Waals surface area contributed by atoms with Crippen molar-refractivity contribution in [2.24, 2.45) is 10.1 Å². The summed E-state index contributed by atoms with van der Waals surface area (Å²) in [4.78, 5) is 8.57. The Balaban J connectivity index is 2.17. The maximum Gasteiger partial charge on any atom is 0.177 e. The molecule has 7 heteroatoms. The molecule has 21 heavy (non-hydrogen) atoms. The van der Waals surface area contributed by atoms with Crippen molar-refractivity contribution in [1.82, 2.24) is 10.4 Å². The molecule has 1 N–H and O–H groups in total. The Morgan fingerprint density at radius 3 is 2.90 bits per heavy atom. The summed E-state index contributed by atoms with van der Waals surface area (Å²) in [5.41, 5.74) is 4.40. The number of aromatic nitrogens is 1. The molecule has 2 rings (SSSR count). The Labute approximate surface area is 127 Å². The molecule has 1 fully saturated rings. The second-order valence-corrected chi connectivity index (χ2v) is 4.66. The highest BCUT2D eigenvalue weighted by molar-refractivity contribution is 7.80. The van der Waals surface area contributed by atoms with E-state index in [9.17, 15) is 4.39 Å². The number of thiocarbonyl (C=S) groups is 1. The molecule has 5 nitrogen and oxygen atoms in total. The van der Waals surface area contributed by atoms with Crippen LogP contribution >= 0.6 is 12.2 Å². The van der Waals surface area contributed by atoms with E-state index >= 15 is 0 Å². The summed E-state index contributed by atoms with van der Waals surface area (Å²) < 4.78 is 18.7. The molecule has 2 heterocycles. The van der Waals surface area contributed by atoms with E-state index in [0.717, 1.165) is 0 Å². The number of pyridine rings is 1. The predicted molar refractivity (Wildman–Crippen MR) is 84.2 cm³/mol. The number of hydrazone groups is 1. The second-order valence-electron chi connectivity index (χ2n) is 4.25. The highest BCUT2D eigenvalue weighted by atomic mass is 32.1. The molecule has 0 bridgehead atoms. The van der Waals surface area contributed by atoms with Crippen LogP contribution in [0.15, 0.2) is 46.1 Å². The number of hydrogen-bond acceptors (Lipinski definition) is 5. The molecule has 0 aliphatic carbocycles. The van der Waals surface area contributed by atoms with Crippen LogP contribution in [0.4, 0.5) is 4.39 Å². The molecule has 1 aromatic rings. The van der Waals surface area contributed by atoms with Crippen LogP contribution in [-0.4, -0.2) is 35.1 Å². The first kappa shape index (κ1) is 15.2. The molecule has 1 aliphatic rings. The molecule has 1 saturated heterocycles. The monoisotopic (exact) mass is 306 g/mol. The van der Waals surface area contributed by atoms with E-state index in [1.54, 1.807) is 25.4 Å². The molecule has 1 aliphatic heterocycles. The minimum atomic E-state index is -0.421. The minimum Gasteiger partial charge on any atom is -0.488 e. The molecular weight excluding hydrogens is 291 g/mol. The normalized spacial score (nSPS) is 21.1. The first-order chi connectivity index (χ1) is 10.1. The third kappa shape index (κ3) is 3.69. The summed E-state index contributed by atoms with van der Waals surface area (Å²) in [6, 6.07) is 5.43. The maximum absolute atomic E-state index is 13.4. The lowest BCUT2D eigenvalue weighted by atomic mass is 10.1. The van der Waals surface area contributed by atoms with Crippen molar-refractivity contribution in [3.05, 3.63) is 41.7 Å². The van der Waals surface area contributed by atoms with Crippen molar-refractivity contribution < 1.29 is 9.13 Å². The number of halogens is 1. The van der Waals surface area contributed by atoms with Crippen molar-refractivity contribution in [1.29, 1.82) is 0 Å². The van der Waals surface area contributed by atoms with Crippen LogP contribution in [0.3, 0.4) is 0 Å². The van der Waals surface area contributed by atoms with Gasteiger partial charge >= 0.3 is 0 Å². The molecule has 0 atom stereocenters. The van der Waals surface area contributed by atoms with Gasteiger partial charge in [0.05, 0.1) is 18.0 Å². The van der Waals surface area contributed by atoms with Gasteiger partial charge in [0.1, 0.15) is 16.5 Å². The van der Waals surface area contributed by atoms with Crippen LogP contribution in [-0.2, 0) is 4.74 Å².